The third-order valence-corrected chi connectivity index (χ3v) is 3.80. The topological polar surface area (TPSA) is 46.3 Å². The van der Waals surface area contributed by atoms with Crippen LogP contribution in [0.3, 0.4) is 0 Å². The van der Waals surface area contributed by atoms with E-state index >= 15 is 0 Å². The molecule has 3 nitrogen and oxygen atoms in total. The average Bonchev–Trinajstić information content (AvgIpc) is 2.43. The van der Waals surface area contributed by atoms with Gasteiger partial charge < -0.3 is 10.6 Å². The van der Waals surface area contributed by atoms with Gasteiger partial charge in [0, 0.05) is 18.7 Å². The van der Waals surface area contributed by atoms with Gasteiger partial charge in [0.15, 0.2) is 0 Å². The van der Waals surface area contributed by atoms with Crippen LogP contribution in [0.1, 0.15) is 31.2 Å². The lowest BCUT2D eigenvalue weighted by Crippen LogP contribution is -2.45. The number of nitrogens with zero attached hydrogens (tertiary/aromatic N) is 1. The number of carbonyl (C=O) groups is 1. The van der Waals surface area contributed by atoms with Gasteiger partial charge >= 0.3 is 0 Å². The van der Waals surface area contributed by atoms with Crippen molar-refractivity contribution in [2.24, 2.45) is 5.73 Å². The second-order valence-electron chi connectivity index (χ2n) is 5.23. The van der Waals surface area contributed by atoms with Crippen LogP contribution in [0, 0.1) is 11.6 Å². The predicted molar refractivity (Wildman–Crippen MR) is 80.3 cm³/mol. The summed E-state index contributed by atoms with van der Waals surface area (Å²) in [6.07, 6.45) is 3.78. The fourth-order valence-electron chi connectivity index (χ4n) is 2.75. The largest absolute Gasteiger partial charge is 0.339 e. The molecule has 1 fully saturated rings. The van der Waals surface area contributed by atoms with Gasteiger partial charge in [-0.05, 0) is 43.9 Å². The summed E-state index contributed by atoms with van der Waals surface area (Å²) in [6, 6.07) is 3.49. The Balaban J connectivity index is 0.00000220. The Bertz CT molecular complexity index is 483. The van der Waals surface area contributed by atoms with E-state index in [9.17, 15) is 13.6 Å². The standard InChI is InChI=1S/C15H20F2N2O.ClH/c16-12-5-4-11(14(17)10-12)9-15(20)19-8-2-1-3-13(19)6-7-18;/h4-5,10,13H,1-3,6-9,18H2;1H. The molecule has 6 heteroatoms. The van der Waals surface area contributed by atoms with Crippen molar-refractivity contribution in [3.8, 4) is 0 Å². The molecule has 0 spiro atoms. The van der Waals surface area contributed by atoms with E-state index < -0.39 is 11.6 Å². The molecule has 0 radical (unpaired) electrons. The smallest absolute Gasteiger partial charge is 0.227 e. The number of rotatable bonds is 4. The summed E-state index contributed by atoms with van der Waals surface area (Å²) in [6.45, 7) is 1.24. The molecule has 1 atom stereocenters. The minimum atomic E-state index is -0.661. The van der Waals surface area contributed by atoms with E-state index in [0.29, 0.717) is 13.1 Å². The average molecular weight is 319 g/mol. The zero-order valence-corrected chi connectivity index (χ0v) is 12.7. The first-order chi connectivity index (χ1) is 9.61. The van der Waals surface area contributed by atoms with Crippen LogP contribution in [0.5, 0.6) is 0 Å². The van der Waals surface area contributed by atoms with Crippen LogP contribution in [0.2, 0.25) is 0 Å². The van der Waals surface area contributed by atoms with Crippen molar-refractivity contribution in [2.45, 2.75) is 38.1 Å². The summed E-state index contributed by atoms with van der Waals surface area (Å²) >= 11 is 0. The van der Waals surface area contributed by atoms with E-state index in [4.69, 9.17) is 5.73 Å². The molecule has 118 valence electrons. The zero-order valence-electron chi connectivity index (χ0n) is 11.9. The highest BCUT2D eigenvalue weighted by atomic mass is 35.5. The van der Waals surface area contributed by atoms with E-state index in [1.54, 1.807) is 4.90 Å². The molecule has 1 amide bonds. The van der Waals surface area contributed by atoms with Gasteiger partial charge in [-0.15, -0.1) is 12.4 Å². The van der Waals surface area contributed by atoms with Crippen molar-refractivity contribution in [3.05, 3.63) is 35.4 Å². The van der Waals surface area contributed by atoms with Crippen LogP contribution < -0.4 is 5.73 Å². The number of amides is 1. The van der Waals surface area contributed by atoms with E-state index in [2.05, 4.69) is 0 Å². The summed E-state index contributed by atoms with van der Waals surface area (Å²) in [5.74, 6) is -1.39. The van der Waals surface area contributed by atoms with Crippen LogP contribution in [0.15, 0.2) is 18.2 Å². The number of benzene rings is 1. The Morgan fingerprint density at radius 2 is 2.10 bits per heavy atom. The van der Waals surface area contributed by atoms with Gasteiger partial charge in [-0.1, -0.05) is 6.07 Å². The van der Waals surface area contributed by atoms with Crippen LogP contribution >= 0.6 is 12.4 Å². The molecule has 2 N–H and O–H groups in total. The molecule has 2 rings (SSSR count). The minimum Gasteiger partial charge on any atom is -0.339 e. The van der Waals surface area contributed by atoms with Crippen molar-refractivity contribution in [3.63, 3.8) is 0 Å². The van der Waals surface area contributed by atoms with Gasteiger partial charge in [0.2, 0.25) is 5.91 Å². The fraction of sp³-hybridized carbons (Fsp3) is 0.533. The number of nitrogens with two attached hydrogens (primary N) is 1. The summed E-state index contributed by atoms with van der Waals surface area (Å²) < 4.78 is 26.4. The van der Waals surface area contributed by atoms with Gasteiger partial charge in [0.1, 0.15) is 11.6 Å². The van der Waals surface area contributed by atoms with E-state index in [1.165, 1.54) is 12.1 Å². The summed E-state index contributed by atoms with van der Waals surface area (Å²) in [5, 5.41) is 0. The monoisotopic (exact) mass is 318 g/mol. The normalized spacial score (nSPS) is 18.2. The molecule has 1 heterocycles. The zero-order chi connectivity index (χ0) is 14.5. The number of carbonyl (C=O) groups excluding carboxylic acids is 1. The van der Waals surface area contributed by atoms with E-state index in [0.717, 1.165) is 31.7 Å². The SMILES string of the molecule is Cl.NCCC1CCCCN1C(=O)Cc1ccc(F)cc1F. The summed E-state index contributed by atoms with van der Waals surface area (Å²) in [7, 11) is 0. The highest BCUT2D eigenvalue weighted by molar-refractivity contribution is 5.85. The lowest BCUT2D eigenvalue weighted by atomic mass is 9.98. The molecule has 0 aromatic heterocycles. The molecule has 21 heavy (non-hydrogen) atoms. The number of likely N-dealkylation sites (tertiary alicyclic amines) is 1. The third kappa shape index (κ3) is 4.64. The Morgan fingerprint density at radius 3 is 2.76 bits per heavy atom. The third-order valence-electron chi connectivity index (χ3n) is 3.80. The second kappa shape index (κ2) is 8.29. The number of hydrogen-bond donors (Lipinski definition) is 1. The molecule has 0 bridgehead atoms. The van der Waals surface area contributed by atoms with Crippen LogP contribution in [-0.4, -0.2) is 29.9 Å². The molecule has 0 saturated carbocycles. The maximum absolute atomic E-state index is 13.6. The van der Waals surface area contributed by atoms with Gasteiger partial charge in [0.25, 0.3) is 0 Å². The molecule has 1 saturated heterocycles. The molecule has 1 aliphatic rings. The van der Waals surface area contributed by atoms with E-state index in [-0.39, 0.29) is 36.3 Å². The quantitative estimate of drug-likeness (QED) is 0.927. The Kier molecular flexibility index (Phi) is 7.05. The predicted octanol–water partition coefficient (Wildman–Crippen LogP) is 2.66. The van der Waals surface area contributed by atoms with Crippen molar-refractivity contribution < 1.29 is 13.6 Å². The summed E-state index contributed by atoms with van der Waals surface area (Å²) in [4.78, 5) is 14.1. The van der Waals surface area contributed by atoms with Gasteiger partial charge in [-0.2, -0.15) is 0 Å². The van der Waals surface area contributed by atoms with Crippen LogP contribution in [0.4, 0.5) is 8.78 Å². The lowest BCUT2D eigenvalue weighted by molar-refractivity contribution is -0.134. The maximum atomic E-state index is 13.6. The lowest BCUT2D eigenvalue weighted by Gasteiger charge is -2.35. The van der Waals surface area contributed by atoms with Crippen molar-refractivity contribution in [2.75, 3.05) is 13.1 Å². The van der Waals surface area contributed by atoms with Crippen molar-refractivity contribution in [1.29, 1.82) is 0 Å². The minimum absolute atomic E-state index is 0. The molecule has 0 aliphatic carbocycles. The number of hydrogen-bond acceptors (Lipinski definition) is 2. The Morgan fingerprint density at radius 1 is 1.33 bits per heavy atom. The first-order valence-electron chi connectivity index (χ1n) is 7.05. The first kappa shape index (κ1) is 17.9. The van der Waals surface area contributed by atoms with Gasteiger partial charge in [-0.25, -0.2) is 8.78 Å². The molecular formula is C15H21ClF2N2O. The molecular weight excluding hydrogens is 298 g/mol. The highest BCUT2D eigenvalue weighted by Gasteiger charge is 2.26. The molecule has 1 aliphatic heterocycles. The maximum Gasteiger partial charge on any atom is 0.227 e. The number of halogens is 3. The molecule has 1 unspecified atom stereocenters. The second-order valence-corrected chi connectivity index (χ2v) is 5.23. The molecule has 1 aromatic carbocycles. The highest BCUT2D eigenvalue weighted by Crippen LogP contribution is 2.21. The Hall–Kier alpha value is -1.20. The van der Waals surface area contributed by atoms with Crippen molar-refractivity contribution in [1.82, 2.24) is 4.90 Å². The van der Waals surface area contributed by atoms with Gasteiger partial charge in [-0.3, -0.25) is 4.79 Å². The van der Waals surface area contributed by atoms with E-state index in [1.807, 2.05) is 0 Å². The Labute approximate surface area is 129 Å². The van der Waals surface area contributed by atoms with Crippen LogP contribution in [0.25, 0.3) is 0 Å². The summed E-state index contributed by atoms with van der Waals surface area (Å²) in [5.41, 5.74) is 5.82. The number of piperidine rings is 1. The van der Waals surface area contributed by atoms with Gasteiger partial charge in [0.05, 0.1) is 6.42 Å². The fourth-order valence-corrected chi connectivity index (χ4v) is 2.75. The van der Waals surface area contributed by atoms with Crippen LogP contribution in [-0.2, 0) is 11.2 Å². The first-order valence-corrected chi connectivity index (χ1v) is 7.05. The van der Waals surface area contributed by atoms with Crippen molar-refractivity contribution >= 4 is 18.3 Å². The molecule has 1 aromatic rings.